The van der Waals surface area contributed by atoms with Gasteiger partial charge in [-0.1, -0.05) is 48.5 Å². The Kier molecular flexibility index (Phi) is 6.98. The van der Waals surface area contributed by atoms with Crippen molar-refractivity contribution < 1.29 is 3.89 Å². The standard InChI is InChI=1S/C24H41FNPS.C2H6/c1-22-11-5-4-6-16(22)9-13-24(26)19-8-7-17(23(19,2)12-10-20(22)24)14-18-15-21(28-25)27(18)3;1-2/h16-21H,4-15,26H2,1-3H3;1-2H3/t16?,17?,18?,19?,20?,21?,22?,23?,24?,27-;/m1./s1. The molecule has 5 fully saturated rings. The van der Waals surface area contributed by atoms with Crippen LogP contribution in [0, 0.1) is 34.5 Å². The molecule has 5 rings (SSSR count). The van der Waals surface area contributed by atoms with Gasteiger partial charge >= 0.3 is 0 Å². The summed E-state index contributed by atoms with van der Waals surface area (Å²) in [7, 11) is -0.0980. The van der Waals surface area contributed by atoms with E-state index in [-0.39, 0.29) is 13.5 Å². The lowest BCUT2D eigenvalue weighted by molar-refractivity contribution is -0.126. The fourth-order valence-electron chi connectivity index (χ4n) is 9.36. The van der Waals surface area contributed by atoms with E-state index < -0.39 is 0 Å². The van der Waals surface area contributed by atoms with E-state index in [1.54, 1.807) is 0 Å². The quantitative estimate of drug-likeness (QED) is 0.433. The Morgan fingerprint density at radius 1 is 0.933 bits per heavy atom. The van der Waals surface area contributed by atoms with Gasteiger partial charge < -0.3 is 5.73 Å². The third kappa shape index (κ3) is 3.46. The summed E-state index contributed by atoms with van der Waals surface area (Å²) in [6, 6.07) is 0. The van der Waals surface area contributed by atoms with E-state index in [1.165, 1.54) is 70.6 Å². The van der Waals surface area contributed by atoms with Crippen LogP contribution in [0.4, 0.5) is 3.89 Å². The minimum absolute atomic E-state index is 0.0955. The number of fused-ring (bicyclic) bond motifs is 5. The maximum atomic E-state index is 13.0. The van der Waals surface area contributed by atoms with E-state index >= 15 is 0 Å². The third-order valence-electron chi connectivity index (χ3n) is 11.1. The van der Waals surface area contributed by atoms with Crippen molar-refractivity contribution >= 4 is 20.1 Å². The number of halogens is 1. The lowest BCUT2D eigenvalue weighted by Crippen LogP contribution is -2.67. The molecule has 30 heavy (non-hydrogen) atoms. The van der Waals surface area contributed by atoms with Crippen molar-refractivity contribution in [3.05, 3.63) is 0 Å². The van der Waals surface area contributed by atoms with E-state index in [1.807, 2.05) is 13.8 Å². The predicted molar refractivity (Wildman–Crippen MR) is 133 cm³/mol. The molecule has 0 amide bonds. The molecule has 4 saturated carbocycles. The van der Waals surface area contributed by atoms with Gasteiger partial charge in [0.15, 0.2) is 0 Å². The van der Waals surface area contributed by atoms with Crippen molar-refractivity contribution in [2.75, 3.05) is 6.66 Å². The zero-order valence-electron chi connectivity index (χ0n) is 20.3. The highest BCUT2D eigenvalue weighted by molar-refractivity contribution is 8.02. The van der Waals surface area contributed by atoms with Crippen LogP contribution in [0.3, 0.4) is 0 Å². The topological polar surface area (TPSA) is 26.0 Å². The number of hydrogen-bond acceptors (Lipinski definition) is 2. The van der Waals surface area contributed by atoms with Crippen LogP contribution in [0.25, 0.3) is 0 Å². The van der Waals surface area contributed by atoms with Gasteiger partial charge in [-0.15, -0.1) is 0 Å². The molecule has 0 spiro atoms. The average Bonchev–Trinajstić information content (AvgIpc) is 3.08. The lowest BCUT2D eigenvalue weighted by atomic mass is 9.42. The molecule has 1 nitrogen and oxygen atoms in total. The van der Waals surface area contributed by atoms with Gasteiger partial charge in [-0.25, -0.2) is 0 Å². The van der Waals surface area contributed by atoms with Crippen LogP contribution >= 0.6 is 20.1 Å². The van der Waals surface area contributed by atoms with Crippen LogP contribution in [0.15, 0.2) is 0 Å². The van der Waals surface area contributed by atoms with E-state index in [0.29, 0.717) is 28.0 Å². The van der Waals surface area contributed by atoms with Crippen molar-refractivity contribution in [1.29, 1.82) is 0 Å². The van der Waals surface area contributed by atoms with Crippen LogP contribution in [0.2, 0.25) is 0 Å². The zero-order chi connectivity index (χ0) is 21.7. The molecule has 2 N–H and O–H groups in total. The van der Waals surface area contributed by atoms with Gasteiger partial charge in [0.1, 0.15) is 0 Å². The summed E-state index contributed by atoms with van der Waals surface area (Å²) in [6.07, 6.45) is 16.5. The van der Waals surface area contributed by atoms with E-state index in [0.717, 1.165) is 35.8 Å². The van der Waals surface area contributed by atoms with Gasteiger partial charge in [0, 0.05) is 5.54 Å². The zero-order valence-corrected chi connectivity index (χ0v) is 22.0. The molecule has 174 valence electrons. The maximum absolute atomic E-state index is 13.0. The monoisotopic (exact) mass is 455 g/mol. The Morgan fingerprint density at radius 3 is 2.37 bits per heavy atom. The number of hydrogen-bond donors (Lipinski definition) is 1. The minimum atomic E-state index is -0.0980. The molecule has 0 aromatic heterocycles. The molecule has 0 bridgehead atoms. The Hall–Kier alpha value is 0.670. The molecule has 4 heteroatoms. The summed E-state index contributed by atoms with van der Waals surface area (Å²) in [5.74, 6) is 3.28. The summed E-state index contributed by atoms with van der Waals surface area (Å²) in [4.78, 5) is 0.336. The first-order valence-corrected chi connectivity index (χ1v) is 15.8. The highest BCUT2D eigenvalue weighted by Gasteiger charge is 2.65. The highest BCUT2D eigenvalue weighted by Crippen LogP contribution is 2.70. The molecule has 1 saturated heterocycles. The van der Waals surface area contributed by atoms with Crippen LogP contribution in [0.1, 0.15) is 105 Å². The molecule has 0 aromatic carbocycles. The maximum Gasteiger partial charge on any atom is 0.0568 e. The highest BCUT2D eigenvalue weighted by atomic mass is 32.2. The molecule has 1 heterocycles. The Morgan fingerprint density at radius 2 is 1.67 bits per heavy atom. The van der Waals surface area contributed by atoms with Crippen molar-refractivity contribution in [2.24, 2.45) is 40.2 Å². The van der Waals surface area contributed by atoms with E-state index in [2.05, 4.69) is 20.5 Å². The number of rotatable bonds is 3. The summed E-state index contributed by atoms with van der Waals surface area (Å²) in [5, 5.41) is 0. The second-order valence-corrected chi connectivity index (χ2v) is 15.6. The smallest absolute Gasteiger partial charge is 0.0568 e. The lowest BCUT2D eigenvalue weighted by Gasteiger charge is -2.65. The molecule has 1 aliphatic heterocycles. The number of nitrogens with two attached hydrogens (primary N) is 1. The van der Waals surface area contributed by atoms with Crippen molar-refractivity contribution in [3.8, 4) is 0 Å². The van der Waals surface area contributed by atoms with Gasteiger partial charge in [0.2, 0.25) is 0 Å². The van der Waals surface area contributed by atoms with Crippen LogP contribution in [-0.2, 0) is 0 Å². The first kappa shape index (κ1) is 23.8. The fourth-order valence-corrected chi connectivity index (χ4v) is 12.6. The molecule has 4 aliphatic carbocycles. The van der Waals surface area contributed by atoms with Crippen molar-refractivity contribution in [1.82, 2.24) is 0 Å². The molecular formula is C26H47FNPS. The van der Waals surface area contributed by atoms with Crippen LogP contribution in [0.5, 0.6) is 0 Å². The van der Waals surface area contributed by atoms with E-state index in [9.17, 15) is 3.89 Å². The van der Waals surface area contributed by atoms with Crippen molar-refractivity contribution in [3.63, 3.8) is 0 Å². The van der Waals surface area contributed by atoms with Crippen molar-refractivity contribution in [2.45, 2.75) is 121 Å². The second-order valence-electron chi connectivity index (χ2n) is 11.9. The Bertz CT molecular complexity index is 618. The summed E-state index contributed by atoms with van der Waals surface area (Å²) in [6.45, 7) is 11.6. The fraction of sp³-hybridized carbons (Fsp3) is 1.00. The molecule has 9 unspecified atom stereocenters. The van der Waals surface area contributed by atoms with Gasteiger partial charge in [0.25, 0.3) is 0 Å². The molecule has 5 aliphatic rings. The Labute approximate surface area is 191 Å². The summed E-state index contributed by atoms with van der Waals surface area (Å²) >= 11 is 0.636. The summed E-state index contributed by atoms with van der Waals surface area (Å²) in [5.41, 5.74) is 9.37. The predicted octanol–water partition coefficient (Wildman–Crippen LogP) is 8.36. The SMILES string of the molecule is CC.C[P@]1C(CC2CCC3C2(C)CCC2C4(C)CCCCC4CCC23N)CC1SF. The third-order valence-corrected chi connectivity index (χ3v) is 15.5. The minimum Gasteiger partial charge on any atom is -0.325 e. The second kappa shape index (κ2) is 8.79. The first-order valence-electron chi connectivity index (χ1n) is 13.1. The van der Waals surface area contributed by atoms with Gasteiger partial charge in [-0.2, -0.15) is 3.89 Å². The summed E-state index contributed by atoms with van der Waals surface area (Å²) < 4.78 is 13.0. The first-order chi connectivity index (χ1) is 14.3. The average molecular weight is 456 g/mol. The molecule has 0 aromatic rings. The Balaban J connectivity index is 0.00000106. The van der Waals surface area contributed by atoms with Gasteiger partial charge in [-0.05, 0) is 111 Å². The van der Waals surface area contributed by atoms with Gasteiger partial charge in [0.05, 0.1) is 17.1 Å². The molecule has 0 radical (unpaired) electrons. The van der Waals surface area contributed by atoms with Crippen LogP contribution < -0.4 is 5.73 Å². The van der Waals surface area contributed by atoms with E-state index in [4.69, 9.17) is 5.73 Å². The van der Waals surface area contributed by atoms with Gasteiger partial charge in [-0.3, -0.25) is 0 Å². The molecular weight excluding hydrogens is 408 g/mol. The van der Waals surface area contributed by atoms with Crippen LogP contribution in [-0.4, -0.2) is 22.9 Å². The largest absolute Gasteiger partial charge is 0.325 e. The molecule has 10 atom stereocenters. The normalized spacial score (nSPS) is 54.7.